The molecule has 132 valence electrons. The molecule has 0 radical (unpaired) electrons. The number of rotatable bonds is 7. The standard InChI is InChI=1S/C18H31NO4/c1-23-12-11-18(9-3-2-4-10-18)13-19-16(20)14-5-7-15(8-6-14)17(21)22/h14-15H,2-13H2,1H3,(H,19,20)(H,21,22). The van der Waals surface area contributed by atoms with Gasteiger partial charge in [0.25, 0.3) is 0 Å². The second-order valence-electron chi connectivity index (χ2n) is 7.41. The fraction of sp³-hybridized carbons (Fsp3) is 0.889. The van der Waals surface area contributed by atoms with Crippen LogP contribution in [0.25, 0.3) is 0 Å². The van der Waals surface area contributed by atoms with E-state index in [1.165, 1.54) is 32.1 Å². The minimum Gasteiger partial charge on any atom is -0.481 e. The first-order valence-electron chi connectivity index (χ1n) is 9.06. The second-order valence-corrected chi connectivity index (χ2v) is 7.41. The average Bonchev–Trinajstić information content (AvgIpc) is 2.59. The lowest BCUT2D eigenvalue weighted by Gasteiger charge is -2.38. The molecule has 0 aromatic carbocycles. The van der Waals surface area contributed by atoms with Gasteiger partial charge in [0.2, 0.25) is 5.91 Å². The van der Waals surface area contributed by atoms with E-state index < -0.39 is 5.97 Å². The first-order valence-corrected chi connectivity index (χ1v) is 9.06. The van der Waals surface area contributed by atoms with Gasteiger partial charge >= 0.3 is 5.97 Å². The molecule has 0 aromatic rings. The highest BCUT2D eigenvalue weighted by molar-refractivity contribution is 5.79. The molecule has 2 N–H and O–H groups in total. The molecule has 0 spiro atoms. The predicted octanol–water partition coefficient (Wildman–Crippen LogP) is 2.98. The molecule has 0 unspecified atom stereocenters. The Kier molecular flexibility index (Phi) is 6.88. The molecule has 5 nitrogen and oxygen atoms in total. The van der Waals surface area contributed by atoms with Crippen molar-refractivity contribution < 1.29 is 19.4 Å². The number of amides is 1. The van der Waals surface area contributed by atoms with Gasteiger partial charge in [-0.3, -0.25) is 9.59 Å². The molecule has 2 aliphatic carbocycles. The van der Waals surface area contributed by atoms with Gasteiger partial charge in [0.05, 0.1) is 5.92 Å². The van der Waals surface area contributed by atoms with Gasteiger partial charge < -0.3 is 15.2 Å². The van der Waals surface area contributed by atoms with Gasteiger partial charge in [0, 0.05) is 26.2 Å². The molecule has 0 aliphatic heterocycles. The van der Waals surface area contributed by atoms with Crippen molar-refractivity contribution in [1.29, 1.82) is 0 Å². The first kappa shape index (κ1) is 18.2. The Morgan fingerprint density at radius 3 is 2.26 bits per heavy atom. The van der Waals surface area contributed by atoms with Crippen molar-refractivity contribution in [2.24, 2.45) is 17.3 Å². The number of nitrogens with one attached hydrogen (secondary N) is 1. The smallest absolute Gasteiger partial charge is 0.306 e. The third kappa shape index (κ3) is 5.20. The number of carbonyl (C=O) groups is 2. The monoisotopic (exact) mass is 325 g/mol. The Hall–Kier alpha value is -1.10. The average molecular weight is 325 g/mol. The number of ether oxygens (including phenoxy) is 1. The van der Waals surface area contributed by atoms with E-state index >= 15 is 0 Å². The number of methoxy groups -OCH3 is 1. The molecular formula is C18H31NO4. The summed E-state index contributed by atoms with van der Waals surface area (Å²) >= 11 is 0. The van der Waals surface area contributed by atoms with Crippen LogP contribution in [0.4, 0.5) is 0 Å². The molecule has 2 aliphatic rings. The minimum absolute atomic E-state index is 0.00587. The number of carboxylic acid groups (broad SMARTS) is 1. The summed E-state index contributed by atoms with van der Waals surface area (Å²) < 4.78 is 5.26. The van der Waals surface area contributed by atoms with E-state index in [0.29, 0.717) is 25.7 Å². The summed E-state index contributed by atoms with van der Waals surface area (Å²) in [5.74, 6) is -0.861. The molecule has 0 heterocycles. The van der Waals surface area contributed by atoms with Crippen LogP contribution in [-0.2, 0) is 14.3 Å². The van der Waals surface area contributed by atoms with Gasteiger partial charge in [-0.05, 0) is 50.4 Å². The van der Waals surface area contributed by atoms with Crippen molar-refractivity contribution in [2.75, 3.05) is 20.3 Å². The lowest BCUT2D eigenvalue weighted by molar-refractivity contribution is -0.144. The van der Waals surface area contributed by atoms with E-state index in [0.717, 1.165) is 19.6 Å². The van der Waals surface area contributed by atoms with Gasteiger partial charge in [-0.1, -0.05) is 19.3 Å². The lowest BCUT2D eigenvalue weighted by Crippen LogP contribution is -2.42. The van der Waals surface area contributed by atoms with Crippen LogP contribution in [0.15, 0.2) is 0 Å². The van der Waals surface area contributed by atoms with E-state index in [9.17, 15) is 9.59 Å². The van der Waals surface area contributed by atoms with Crippen molar-refractivity contribution in [3.05, 3.63) is 0 Å². The van der Waals surface area contributed by atoms with Crippen LogP contribution >= 0.6 is 0 Å². The maximum atomic E-state index is 12.4. The van der Waals surface area contributed by atoms with E-state index in [1.807, 2.05) is 0 Å². The highest BCUT2D eigenvalue weighted by Crippen LogP contribution is 2.39. The van der Waals surface area contributed by atoms with Gasteiger partial charge in [-0.2, -0.15) is 0 Å². The van der Waals surface area contributed by atoms with Gasteiger partial charge in [0.1, 0.15) is 0 Å². The van der Waals surface area contributed by atoms with Crippen molar-refractivity contribution >= 4 is 11.9 Å². The molecule has 2 rings (SSSR count). The van der Waals surface area contributed by atoms with Gasteiger partial charge in [-0.15, -0.1) is 0 Å². The molecule has 23 heavy (non-hydrogen) atoms. The van der Waals surface area contributed by atoms with Crippen LogP contribution in [0, 0.1) is 17.3 Å². The van der Waals surface area contributed by atoms with Crippen LogP contribution in [-0.4, -0.2) is 37.2 Å². The molecule has 0 atom stereocenters. The maximum Gasteiger partial charge on any atom is 0.306 e. The molecule has 2 saturated carbocycles. The summed E-state index contributed by atoms with van der Waals surface area (Å²) in [6, 6.07) is 0. The highest BCUT2D eigenvalue weighted by Gasteiger charge is 2.34. The molecule has 2 fully saturated rings. The van der Waals surface area contributed by atoms with Crippen molar-refractivity contribution in [1.82, 2.24) is 5.32 Å². The Morgan fingerprint density at radius 1 is 1.09 bits per heavy atom. The van der Waals surface area contributed by atoms with Crippen LogP contribution in [0.5, 0.6) is 0 Å². The maximum absolute atomic E-state index is 12.4. The summed E-state index contributed by atoms with van der Waals surface area (Å²) in [4.78, 5) is 23.4. The summed E-state index contributed by atoms with van der Waals surface area (Å²) in [5, 5.41) is 12.2. The van der Waals surface area contributed by atoms with Crippen LogP contribution in [0.2, 0.25) is 0 Å². The predicted molar refractivity (Wildman–Crippen MR) is 88.1 cm³/mol. The Balaban J connectivity index is 1.81. The Morgan fingerprint density at radius 2 is 1.70 bits per heavy atom. The number of aliphatic carboxylic acids is 1. The second kappa shape index (κ2) is 8.67. The van der Waals surface area contributed by atoms with Crippen LogP contribution in [0.3, 0.4) is 0 Å². The van der Waals surface area contributed by atoms with Crippen molar-refractivity contribution in [2.45, 2.75) is 64.2 Å². The molecule has 5 heteroatoms. The summed E-state index contributed by atoms with van der Waals surface area (Å²) in [6.45, 7) is 1.49. The van der Waals surface area contributed by atoms with Crippen LogP contribution in [0.1, 0.15) is 64.2 Å². The van der Waals surface area contributed by atoms with Crippen LogP contribution < -0.4 is 5.32 Å². The fourth-order valence-electron chi connectivity index (χ4n) is 4.16. The highest BCUT2D eigenvalue weighted by atomic mass is 16.5. The van der Waals surface area contributed by atoms with E-state index in [1.54, 1.807) is 7.11 Å². The van der Waals surface area contributed by atoms with Gasteiger partial charge in [-0.25, -0.2) is 0 Å². The van der Waals surface area contributed by atoms with Crippen molar-refractivity contribution in [3.63, 3.8) is 0 Å². The molecular weight excluding hydrogens is 294 g/mol. The minimum atomic E-state index is -0.718. The van der Waals surface area contributed by atoms with E-state index in [-0.39, 0.29) is 23.2 Å². The van der Waals surface area contributed by atoms with Gasteiger partial charge in [0.15, 0.2) is 0 Å². The Bertz CT molecular complexity index is 396. The molecule has 1 amide bonds. The topological polar surface area (TPSA) is 75.6 Å². The normalized spacial score (nSPS) is 27.3. The van der Waals surface area contributed by atoms with E-state index in [2.05, 4.69) is 5.32 Å². The quantitative estimate of drug-likeness (QED) is 0.754. The SMILES string of the molecule is COCCC1(CNC(=O)C2CCC(C(=O)O)CC2)CCCCC1. The largest absolute Gasteiger partial charge is 0.481 e. The molecule has 0 aromatic heterocycles. The first-order chi connectivity index (χ1) is 11.1. The lowest BCUT2D eigenvalue weighted by atomic mass is 9.71. The number of carboxylic acids is 1. The Labute approximate surface area is 139 Å². The zero-order valence-electron chi connectivity index (χ0n) is 14.3. The molecule has 0 bridgehead atoms. The molecule has 0 saturated heterocycles. The summed E-state index contributed by atoms with van der Waals surface area (Å²) in [6.07, 6.45) is 9.78. The van der Waals surface area contributed by atoms with Crippen molar-refractivity contribution in [3.8, 4) is 0 Å². The zero-order valence-corrected chi connectivity index (χ0v) is 14.3. The number of hydrogen-bond donors (Lipinski definition) is 2. The third-order valence-electron chi connectivity index (χ3n) is 5.84. The van der Waals surface area contributed by atoms with E-state index in [4.69, 9.17) is 9.84 Å². The number of carbonyl (C=O) groups excluding carboxylic acids is 1. The third-order valence-corrected chi connectivity index (χ3v) is 5.84. The zero-order chi connectivity index (χ0) is 16.7. The number of hydrogen-bond acceptors (Lipinski definition) is 3. The summed E-state index contributed by atoms with van der Waals surface area (Å²) in [7, 11) is 1.73. The fourth-order valence-corrected chi connectivity index (χ4v) is 4.16. The summed E-state index contributed by atoms with van der Waals surface area (Å²) in [5.41, 5.74) is 0.197.